The Labute approximate surface area is 182 Å². The molecule has 1 amide bonds. The lowest BCUT2D eigenvalue weighted by atomic mass is 10.2. The summed E-state index contributed by atoms with van der Waals surface area (Å²) in [5.74, 6) is 0.398. The standard InChI is InChI=1S/C23H26N2O5S/c1-3-4-15-25(2)31(27,28)21-12-10-19(11-13-21)24-23(26)22-18(14-16-29-22)17-30-20-8-6-5-7-9-20/h5-14,16H,3-4,15,17H2,1-2H3,(H,24,26). The topological polar surface area (TPSA) is 88.9 Å². The molecule has 3 rings (SSSR count). The van der Waals surface area contributed by atoms with Crippen molar-refractivity contribution >= 4 is 21.6 Å². The van der Waals surface area contributed by atoms with Crippen LogP contribution in [0.15, 0.2) is 76.2 Å². The van der Waals surface area contributed by atoms with Crippen molar-refractivity contribution in [2.75, 3.05) is 18.9 Å². The van der Waals surface area contributed by atoms with Crippen molar-refractivity contribution in [3.05, 3.63) is 78.3 Å². The van der Waals surface area contributed by atoms with Gasteiger partial charge in [0.25, 0.3) is 5.91 Å². The van der Waals surface area contributed by atoms with Crippen LogP contribution in [-0.2, 0) is 16.6 Å². The van der Waals surface area contributed by atoms with Crippen LogP contribution < -0.4 is 10.1 Å². The number of sulfonamides is 1. The zero-order valence-corrected chi connectivity index (χ0v) is 18.4. The number of amides is 1. The van der Waals surface area contributed by atoms with Gasteiger partial charge in [0, 0.05) is 24.8 Å². The van der Waals surface area contributed by atoms with Gasteiger partial charge < -0.3 is 14.5 Å². The normalized spacial score (nSPS) is 11.5. The lowest BCUT2D eigenvalue weighted by molar-refractivity contribution is 0.0993. The summed E-state index contributed by atoms with van der Waals surface area (Å²) in [6.45, 7) is 2.66. The highest BCUT2D eigenvalue weighted by molar-refractivity contribution is 7.89. The zero-order chi connectivity index (χ0) is 22.3. The van der Waals surface area contributed by atoms with Crippen LogP contribution in [0.4, 0.5) is 5.69 Å². The highest BCUT2D eigenvalue weighted by atomic mass is 32.2. The Morgan fingerprint density at radius 3 is 2.45 bits per heavy atom. The molecule has 31 heavy (non-hydrogen) atoms. The maximum absolute atomic E-state index is 12.6. The first-order chi connectivity index (χ1) is 14.9. The fraction of sp³-hybridized carbons (Fsp3) is 0.261. The molecule has 0 unspecified atom stereocenters. The minimum Gasteiger partial charge on any atom is -0.489 e. The van der Waals surface area contributed by atoms with Crippen molar-refractivity contribution in [1.29, 1.82) is 0 Å². The fourth-order valence-electron chi connectivity index (χ4n) is 2.91. The van der Waals surface area contributed by atoms with Crippen LogP contribution in [-0.4, -0.2) is 32.2 Å². The van der Waals surface area contributed by atoms with Gasteiger partial charge in [0.15, 0.2) is 5.76 Å². The Bertz CT molecular complexity index is 1090. The van der Waals surface area contributed by atoms with Crippen molar-refractivity contribution < 1.29 is 22.4 Å². The number of carbonyl (C=O) groups is 1. The van der Waals surface area contributed by atoms with Gasteiger partial charge in [-0.25, -0.2) is 12.7 Å². The van der Waals surface area contributed by atoms with Crippen molar-refractivity contribution in [3.8, 4) is 5.75 Å². The van der Waals surface area contributed by atoms with Crippen LogP contribution in [0.25, 0.3) is 0 Å². The minimum atomic E-state index is -3.55. The van der Waals surface area contributed by atoms with Crippen molar-refractivity contribution in [2.45, 2.75) is 31.3 Å². The molecule has 0 aliphatic rings. The molecule has 1 aromatic heterocycles. The Kier molecular flexibility index (Phi) is 7.49. The van der Waals surface area contributed by atoms with Crippen LogP contribution in [0.1, 0.15) is 35.9 Å². The van der Waals surface area contributed by atoms with E-state index in [0.717, 1.165) is 12.8 Å². The highest BCUT2D eigenvalue weighted by Gasteiger charge is 2.21. The van der Waals surface area contributed by atoms with E-state index in [0.29, 0.717) is 23.5 Å². The van der Waals surface area contributed by atoms with Gasteiger partial charge in [-0.1, -0.05) is 31.5 Å². The summed E-state index contributed by atoms with van der Waals surface area (Å²) in [5.41, 5.74) is 1.07. The van der Waals surface area contributed by atoms with Gasteiger partial charge in [-0.2, -0.15) is 0 Å². The molecule has 0 radical (unpaired) electrons. The van der Waals surface area contributed by atoms with Crippen molar-refractivity contribution in [3.63, 3.8) is 0 Å². The molecule has 0 saturated heterocycles. The molecule has 0 aliphatic heterocycles. The van der Waals surface area contributed by atoms with Gasteiger partial charge >= 0.3 is 0 Å². The Morgan fingerprint density at radius 1 is 1.06 bits per heavy atom. The molecule has 7 nitrogen and oxygen atoms in total. The Hall–Kier alpha value is -3.10. The molecule has 0 fully saturated rings. The van der Waals surface area contributed by atoms with Crippen LogP contribution in [0.5, 0.6) is 5.75 Å². The summed E-state index contributed by atoms with van der Waals surface area (Å²) >= 11 is 0. The lowest BCUT2D eigenvalue weighted by Crippen LogP contribution is -2.27. The molecule has 164 valence electrons. The molecule has 1 N–H and O–H groups in total. The average Bonchev–Trinajstić information content (AvgIpc) is 3.26. The van der Waals surface area contributed by atoms with E-state index in [4.69, 9.17) is 9.15 Å². The minimum absolute atomic E-state index is 0.145. The summed E-state index contributed by atoms with van der Waals surface area (Å²) < 4.78 is 37.6. The monoisotopic (exact) mass is 442 g/mol. The van der Waals surface area contributed by atoms with Crippen LogP contribution in [0.3, 0.4) is 0 Å². The van der Waals surface area contributed by atoms with E-state index in [2.05, 4.69) is 5.32 Å². The van der Waals surface area contributed by atoms with Crippen molar-refractivity contribution in [1.82, 2.24) is 4.31 Å². The van der Waals surface area contributed by atoms with Crippen LogP contribution in [0, 0.1) is 0 Å². The number of rotatable bonds is 10. The number of furan rings is 1. The van der Waals surface area contributed by atoms with E-state index in [1.54, 1.807) is 25.2 Å². The number of para-hydroxylation sites is 1. The molecule has 0 bridgehead atoms. The second-order valence-corrected chi connectivity index (χ2v) is 9.08. The molecule has 0 aliphatic carbocycles. The summed E-state index contributed by atoms with van der Waals surface area (Å²) in [6.07, 6.45) is 3.14. The maximum Gasteiger partial charge on any atom is 0.291 e. The maximum atomic E-state index is 12.6. The number of anilines is 1. The summed E-state index contributed by atoms with van der Waals surface area (Å²) in [6, 6.07) is 17.0. The quantitative estimate of drug-likeness (QED) is 0.498. The van der Waals surface area contributed by atoms with Gasteiger partial charge in [-0.05, 0) is 48.9 Å². The first-order valence-electron chi connectivity index (χ1n) is 10.0. The number of ether oxygens (including phenoxy) is 1. The smallest absolute Gasteiger partial charge is 0.291 e. The zero-order valence-electron chi connectivity index (χ0n) is 17.6. The van der Waals surface area contributed by atoms with Gasteiger partial charge in [0.05, 0.1) is 11.2 Å². The fourth-order valence-corrected chi connectivity index (χ4v) is 4.11. The molecule has 2 aromatic carbocycles. The van der Waals surface area contributed by atoms with Crippen LogP contribution >= 0.6 is 0 Å². The summed E-state index contributed by atoms with van der Waals surface area (Å²) in [4.78, 5) is 12.8. The van der Waals surface area contributed by atoms with Gasteiger partial charge in [0.2, 0.25) is 10.0 Å². The molecular weight excluding hydrogens is 416 g/mol. The van der Waals surface area contributed by atoms with E-state index >= 15 is 0 Å². The van der Waals surface area contributed by atoms with E-state index in [1.165, 1.54) is 22.7 Å². The third-order valence-electron chi connectivity index (χ3n) is 4.74. The molecule has 3 aromatic rings. The SMILES string of the molecule is CCCCN(C)S(=O)(=O)c1ccc(NC(=O)c2occc2COc2ccccc2)cc1. The number of carbonyl (C=O) groups excluding carboxylic acids is 1. The van der Waals surface area contributed by atoms with Gasteiger partial charge in [0.1, 0.15) is 12.4 Å². The van der Waals surface area contributed by atoms with Gasteiger partial charge in [-0.15, -0.1) is 0 Å². The second-order valence-electron chi connectivity index (χ2n) is 7.04. The predicted octanol–water partition coefficient (Wildman–Crippen LogP) is 4.53. The van der Waals surface area contributed by atoms with E-state index < -0.39 is 15.9 Å². The summed E-state index contributed by atoms with van der Waals surface area (Å²) in [5, 5.41) is 2.73. The molecule has 0 saturated carbocycles. The molecule has 0 atom stereocenters. The number of hydrogen-bond acceptors (Lipinski definition) is 5. The number of nitrogens with one attached hydrogen (secondary N) is 1. The van der Waals surface area contributed by atoms with E-state index in [9.17, 15) is 13.2 Å². The molecule has 0 spiro atoms. The molecule has 8 heteroatoms. The first-order valence-corrected chi connectivity index (χ1v) is 11.5. The first kappa shape index (κ1) is 22.6. The average molecular weight is 443 g/mol. The Morgan fingerprint density at radius 2 is 1.77 bits per heavy atom. The van der Waals surface area contributed by atoms with Gasteiger partial charge in [-0.3, -0.25) is 4.79 Å². The number of unbranched alkanes of at least 4 members (excludes halogenated alkanes) is 1. The molecule has 1 heterocycles. The largest absolute Gasteiger partial charge is 0.489 e. The number of hydrogen-bond donors (Lipinski definition) is 1. The number of nitrogens with zero attached hydrogens (tertiary/aromatic N) is 1. The second kappa shape index (κ2) is 10.3. The van der Waals surface area contributed by atoms with Crippen molar-refractivity contribution in [2.24, 2.45) is 0 Å². The van der Waals surface area contributed by atoms with Crippen LogP contribution in [0.2, 0.25) is 0 Å². The summed E-state index contributed by atoms with van der Waals surface area (Å²) in [7, 11) is -1.99. The predicted molar refractivity (Wildman–Crippen MR) is 119 cm³/mol. The number of benzene rings is 2. The highest BCUT2D eigenvalue weighted by Crippen LogP contribution is 2.20. The lowest BCUT2D eigenvalue weighted by Gasteiger charge is -2.17. The third-order valence-corrected chi connectivity index (χ3v) is 6.61. The van der Waals surface area contributed by atoms with E-state index in [1.807, 2.05) is 37.3 Å². The molecular formula is C23H26N2O5S. The Balaban J connectivity index is 1.64. The van der Waals surface area contributed by atoms with E-state index in [-0.39, 0.29) is 17.3 Å². The third kappa shape index (κ3) is 5.74.